The Labute approximate surface area is 238 Å². The molecule has 0 aromatic heterocycles. The number of nitro benzene ring substituents is 1. The van der Waals surface area contributed by atoms with E-state index in [1.165, 1.54) is 19.2 Å². The van der Waals surface area contributed by atoms with Crippen molar-refractivity contribution >= 4 is 39.2 Å². The number of Topliss-reactive ketones (excluding diaryl/α,β-unsaturated/α-hetero) is 2. The van der Waals surface area contributed by atoms with E-state index in [-0.39, 0.29) is 30.4 Å². The van der Waals surface area contributed by atoms with Crippen LogP contribution in [0.2, 0.25) is 0 Å². The standard InChI is InChI=1S/C29H27BrN2O8/c1-39-24-13-17(12-19(30)29(24)40-15-16-8-10-18(11-9-16)32(37)38)26-27-20(4-2-6-22(27)33)31(14-25(35)36)21-5-3-7-23(34)28(21)26/h8-13,26H,2-7,14-15H2,1H3,(H,35,36). The summed E-state index contributed by atoms with van der Waals surface area (Å²) in [5.74, 6) is -1.03. The highest BCUT2D eigenvalue weighted by atomic mass is 79.9. The zero-order valence-corrected chi connectivity index (χ0v) is 23.4. The van der Waals surface area contributed by atoms with E-state index >= 15 is 0 Å². The van der Waals surface area contributed by atoms with Gasteiger partial charge in [-0.25, -0.2) is 0 Å². The van der Waals surface area contributed by atoms with Crippen LogP contribution in [-0.2, 0) is 21.0 Å². The van der Waals surface area contributed by atoms with Gasteiger partial charge in [-0.3, -0.25) is 24.5 Å². The van der Waals surface area contributed by atoms with Gasteiger partial charge in [0.2, 0.25) is 0 Å². The highest BCUT2D eigenvalue weighted by Crippen LogP contribution is 2.51. The predicted octanol–water partition coefficient (Wildman–Crippen LogP) is 5.44. The number of ketones is 2. The fourth-order valence-corrected chi connectivity index (χ4v) is 6.37. The first-order chi connectivity index (χ1) is 19.2. The minimum Gasteiger partial charge on any atom is -0.493 e. The minimum atomic E-state index is -1.02. The van der Waals surface area contributed by atoms with Gasteiger partial charge in [0.25, 0.3) is 5.69 Å². The van der Waals surface area contributed by atoms with E-state index in [9.17, 15) is 29.6 Å². The van der Waals surface area contributed by atoms with Crippen LogP contribution in [0.5, 0.6) is 11.5 Å². The minimum absolute atomic E-state index is 0.0156. The third-order valence-corrected chi connectivity index (χ3v) is 8.08. The lowest BCUT2D eigenvalue weighted by Crippen LogP contribution is -2.41. The fourth-order valence-electron chi connectivity index (χ4n) is 5.79. The van der Waals surface area contributed by atoms with E-state index in [0.717, 1.165) is 5.56 Å². The fraction of sp³-hybridized carbons (Fsp3) is 0.345. The van der Waals surface area contributed by atoms with Crippen molar-refractivity contribution in [2.75, 3.05) is 13.7 Å². The number of non-ortho nitro benzene ring substituents is 1. The molecule has 0 spiro atoms. The average molecular weight is 611 g/mol. The zero-order valence-electron chi connectivity index (χ0n) is 21.8. The number of hydrogen-bond acceptors (Lipinski definition) is 8. The zero-order chi connectivity index (χ0) is 28.6. The van der Waals surface area contributed by atoms with Crippen molar-refractivity contribution in [1.29, 1.82) is 0 Å². The maximum Gasteiger partial charge on any atom is 0.323 e. The molecule has 3 aliphatic rings. The summed E-state index contributed by atoms with van der Waals surface area (Å²) in [7, 11) is 1.49. The summed E-state index contributed by atoms with van der Waals surface area (Å²) in [5.41, 5.74) is 3.71. The van der Waals surface area contributed by atoms with E-state index in [0.29, 0.717) is 82.6 Å². The van der Waals surface area contributed by atoms with Crippen LogP contribution in [-0.4, -0.2) is 46.1 Å². The number of rotatable bonds is 8. The second-order valence-electron chi connectivity index (χ2n) is 9.93. The molecule has 1 heterocycles. The quantitative estimate of drug-likeness (QED) is 0.306. The number of allylic oxidation sites excluding steroid dienone is 4. The molecule has 0 atom stereocenters. The van der Waals surface area contributed by atoms with Crippen molar-refractivity contribution in [3.8, 4) is 11.5 Å². The third-order valence-electron chi connectivity index (χ3n) is 7.50. The van der Waals surface area contributed by atoms with Gasteiger partial charge in [-0.1, -0.05) is 0 Å². The Hall–Kier alpha value is -3.99. The maximum atomic E-state index is 13.4. The number of carbonyl (C=O) groups is 3. The highest BCUT2D eigenvalue weighted by Gasteiger charge is 2.44. The number of benzene rings is 2. The molecule has 0 amide bonds. The summed E-state index contributed by atoms with van der Waals surface area (Å²) < 4.78 is 12.2. The van der Waals surface area contributed by atoms with E-state index in [2.05, 4.69) is 15.9 Å². The number of carboxylic acids is 1. The largest absolute Gasteiger partial charge is 0.493 e. The molecule has 0 fully saturated rings. The number of hydrogen-bond donors (Lipinski definition) is 1. The summed E-state index contributed by atoms with van der Waals surface area (Å²) in [6.45, 7) is -0.172. The van der Waals surface area contributed by atoms with Crippen molar-refractivity contribution in [2.45, 2.75) is 51.0 Å². The molecule has 1 N–H and O–H groups in total. The Kier molecular flexibility index (Phi) is 7.75. The van der Waals surface area contributed by atoms with Crippen molar-refractivity contribution in [3.63, 3.8) is 0 Å². The van der Waals surface area contributed by atoms with Gasteiger partial charge >= 0.3 is 5.97 Å². The molecule has 10 nitrogen and oxygen atoms in total. The Morgan fingerprint density at radius 2 is 1.65 bits per heavy atom. The van der Waals surface area contributed by atoms with Gasteiger partial charge in [0.15, 0.2) is 23.1 Å². The normalized spacial score (nSPS) is 17.5. The summed E-state index contributed by atoms with van der Waals surface area (Å²) in [4.78, 5) is 50.7. The second-order valence-corrected chi connectivity index (χ2v) is 10.8. The smallest absolute Gasteiger partial charge is 0.323 e. The number of ether oxygens (including phenoxy) is 2. The lowest BCUT2D eigenvalue weighted by Gasteiger charge is -2.43. The van der Waals surface area contributed by atoms with E-state index in [1.54, 1.807) is 23.1 Å². The summed E-state index contributed by atoms with van der Waals surface area (Å²) in [5, 5.41) is 20.6. The van der Waals surface area contributed by atoms with E-state index < -0.39 is 16.8 Å². The number of carbonyl (C=O) groups excluding carboxylic acids is 2. The average Bonchev–Trinajstić information content (AvgIpc) is 2.92. The predicted molar refractivity (Wildman–Crippen MR) is 147 cm³/mol. The van der Waals surface area contributed by atoms with Crippen LogP contribution in [0, 0.1) is 10.1 Å². The molecule has 40 heavy (non-hydrogen) atoms. The summed E-state index contributed by atoms with van der Waals surface area (Å²) in [6, 6.07) is 9.61. The van der Waals surface area contributed by atoms with Crippen LogP contribution in [0.1, 0.15) is 55.6 Å². The van der Waals surface area contributed by atoms with Crippen LogP contribution >= 0.6 is 15.9 Å². The molecule has 0 unspecified atom stereocenters. The molecule has 0 saturated carbocycles. The maximum absolute atomic E-state index is 13.4. The molecule has 0 saturated heterocycles. The lowest BCUT2D eigenvalue weighted by atomic mass is 9.71. The number of methoxy groups -OCH3 is 1. The molecule has 208 valence electrons. The number of nitro groups is 1. The van der Waals surface area contributed by atoms with Gasteiger partial charge < -0.3 is 19.5 Å². The molecule has 0 bridgehead atoms. The SMILES string of the molecule is COc1cc(C2C3=C(CCCC3=O)N(CC(=O)O)C3=C2C(=O)CCC3)cc(Br)c1OCc1ccc([N+](=O)[O-])cc1. The van der Waals surface area contributed by atoms with E-state index in [4.69, 9.17) is 9.47 Å². The molecule has 11 heteroatoms. The van der Waals surface area contributed by atoms with Crippen molar-refractivity contribution in [3.05, 3.63) is 84.7 Å². The van der Waals surface area contributed by atoms with Gasteiger partial charge in [0.1, 0.15) is 13.2 Å². The third kappa shape index (κ3) is 5.13. The molecule has 2 aromatic carbocycles. The molecule has 5 rings (SSSR count). The molecule has 1 aliphatic heterocycles. The van der Waals surface area contributed by atoms with Crippen molar-refractivity contribution < 1.29 is 33.9 Å². The lowest BCUT2D eigenvalue weighted by molar-refractivity contribution is -0.384. The second kappa shape index (κ2) is 11.2. The Morgan fingerprint density at radius 3 is 2.17 bits per heavy atom. The van der Waals surface area contributed by atoms with Gasteiger partial charge in [-0.05, 0) is 77.0 Å². The molecular formula is C29H27BrN2O8. The van der Waals surface area contributed by atoms with Gasteiger partial charge in [-0.15, -0.1) is 0 Å². The van der Waals surface area contributed by atoms with E-state index in [1.807, 2.05) is 6.07 Å². The highest BCUT2D eigenvalue weighted by molar-refractivity contribution is 9.10. The topological polar surface area (TPSA) is 136 Å². The van der Waals surface area contributed by atoms with Crippen LogP contribution in [0.3, 0.4) is 0 Å². The molecule has 2 aromatic rings. The van der Waals surface area contributed by atoms with Gasteiger partial charge in [-0.2, -0.15) is 0 Å². The van der Waals surface area contributed by atoms with Gasteiger partial charge in [0, 0.05) is 53.4 Å². The van der Waals surface area contributed by atoms with Crippen molar-refractivity contribution in [2.24, 2.45) is 0 Å². The van der Waals surface area contributed by atoms with Crippen LogP contribution < -0.4 is 9.47 Å². The summed E-state index contributed by atoms with van der Waals surface area (Å²) in [6.07, 6.45) is 3.04. The Bertz CT molecular complexity index is 1430. The first-order valence-electron chi connectivity index (χ1n) is 12.9. The molecule has 2 aliphatic carbocycles. The number of halogens is 1. The number of aliphatic carboxylic acids is 1. The number of nitrogens with zero attached hydrogens (tertiary/aromatic N) is 2. The van der Waals surface area contributed by atoms with Crippen molar-refractivity contribution in [1.82, 2.24) is 4.90 Å². The number of carboxylic acid groups (broad SMARTS) is 1. The van der Waals surface area contributed by atoms with Crippen LogP contribution in [0.15, 0.2) is 63.4 Å². The Balaban J connectivity index is 1.56. The first-order valence-corrected chi connectivity index (χ1v) is 13.7. The summed E-state index contributed by atoms with van der Waals surface area (Å²) >= 11 is 3.58. The molecular weight excluding hydrogens is 584 g/mol. The van der Waals surface area contributed by atoms with Crippen LogP contribution in [0.4, 0.5) is 5.69 Å². The Morgan fingerprint density at radius 1 is 1.05 bits per heavy atom. The monoisotopic (exact) mass is 610 g/mol. The first kappa shape index (κ1) is 27.6. The molecule has 0 radical (unpaired) electrons. The van der Waals surface area contributed by atoms with Gasteiger partial charge in [0.05, 0.1) is 16.5 Å². The van der Waals surface area contributed by atoms with Crippen LogP contribution in [0.25, 0.3) is 0 Å².